The largest absolute Gasteiger partial charge is 0.497 e. The summed E-state index contributed by atoms with van der Waals surface area (Å²) in [5.41, 5.74) is 1.63. The average molecular weight is 385 g/mol. The fraction of sp³-hybridized carbons (Fsp3) is 0.667. The molecule has 0 N–H and O–H groups in total. The van der Waals surface area contributed by atoms with Crippen molar-refractivity contribution in [3.63, 3.8) is 0 Å². The molecule has 4 nitrogen and oxygen atoms in total. The number of ketones is 1. The first-order valence-corrected chi connectivity index (χ1v) is 10.6. The van der Waals surface area contributed by atoms with E-state index < -0.39 is 5.60 Å². The number of hydrogen-bond donors (Lipinski definition) is 0. The van der Waals surface area contributed by atoms with Crippen LogP contribution in [0.25, 0.3) is 0 Å². The van der Waals surface area contributed by atoms with E-state index in [-0.39, 0.29) is 17.2 Å². The van der Waals surface area contributed by atoms with Gasteiger partial charge in [-0.3, -0.25) is 9.59 Å². The molecule has 4 heteroatoms. The Morgan fingerprint density at radius 3 is 2.57 bits per heavy atom. The molecule has 3 aliphatic carbocycles. The van der Waals surface area contributed by atoms with Crippen LogP contribution in [0.2, 0.25) is 0 Å². The summed E-state index contributed by atoms with van der Waals surface area (Å²) in [6, 6.07) is 6.53. The maximum atomic E-state index is 12.8. The molecule has 0 saturated heterocycles. The van der Waals surface area contributed by atoms with E-state index in [4.69, 9.17) is 9.47 Å². The van der Waals surface area contributed by atoms with Gasteiger partial charge in [-0.05, 0) is 86.0 Å². The maximum Gasteiger partial charge on any atom is 0.303 e. The van der Waals surface area contributed by atoms with Crippen molar-refractivity contribution in [2.45, 2.75) is 71.3 Å². The van der Waals surface area contributed by atoms with Crippen molar-refractivity contribution >= 4 is 11.8 Å². The Balaban J connectivity index is 1.75. The summed E-state index contributed by atoms with van der Waals surface area (Å²) in [6.45, 7) is 7.57. The monoisotopic (exact) mass is 384 g/mol. The molecule has 0 amide bonds. The van der Waals surface area contributed by atoms with Crippen LogP contribution in [0.4, 0.5) is 0 Å². The highest BCUT2D eigenvalue weighted by molar-refractivity contribution is 5.89. The molecule has 0 aliphatic heterocycles. The van der Waals surface area contributed by atoms with Gasteiger partial charge >= 0.3 is 5.97 Å². The van der Waals surface area contributed by atoms with Crippen LogP contribution in [0.15, 0.2) is 18.2 Å². The zero-order valence-corrected chi connectivity index (χ0v) is 17.7. The molecule has 2 saturated carbocycles. The Labute approximate surface area is 168 Å². The lowest BCUT2D eigenvalue weighted by Crippen LogP contribution is -2.58. The van der Waals surface area contributed by atoms with Crippen molar-refractivity contribution in [3.05, 3.63) is 29.3 Å². The van der Waals surface area contributed by atoms with Gasteiger partial charge in [0.15, 0.2) is 11.4 Å². The first-order valence-electron chi connectivity index (χ1n) is 10.6. The molecule has 0 unspecified atom stereocenters. The van der Waals surface area contributed by atoms with E-state index in [1.54, 1.807) is 14.0 Å². The van der Waals surface area contributed by atoms with Crippen LogP contribution in [-0.4, -0.2) is 24.5 Å². The zero-order chi connectivity index (χ0) is 20.3. The smallest absolute Gasteiger partial charge is 0.303 e. The quantitative estimate of drug-likeness (QED) is 0.710. The van der Waals surface area contributed by atoms with Gasteiger partial charge in [0.25, 0.3) is 0 Å². The predicted octanol–water partition coefficient (Wildman–Crippen LogP) is 4.69. The third kappa shape index (κ3) is 2.56. The fourth-order valence-electron chi connectivity index (χ4n) is 7.29. The SMILES string of the molecule is COc1ccc2c(c1)CC[C@H]1[C@H]2[C@@H](C)C[C@@]2(C)[C@H]1CC[C@@]2(OC(C)=O)C(C)=O. The second kappa shape index (κ2) is 6.60. The summed E-state index contributed by atoms with van der Waals surface area (Å²) < 4.78 is 11.3. The molecule has 0 heterocycles. The van der Waals surface area contributed by atoms with Crippen molar-refractivity contribution in [2.75, 3.05) is 7.11 Å². The molecule has 152 valence electrons. The van der Waals surface area contributed by atoms with Crippen LogP contribution >= 0.6 is 0 Å². The summed E-state index contributed by atoms with van der Waals surface area (Å²) in [5, 5.41) is 0. The normalized spacial score (nSPS) is 38.8. The van der Waals surface area contributed by atoms with E-state index in [1.807, 2.05) is 0 Å². The molecule has 4 rings (SSSR count). The Hall–Kier alpha value is -1.84. The number of carbonyl (C=O) groups excluding carboxylic acids is 2. The Kier molecular flexibility index (Phi) is 4.59. The number of hydrogen-bond acceptors (Lipinski definition) is 4. The molecule has 1 aromatic rings. The molecule has 0 spiro atoms. The van der Waals surface area contributed by atoms with Gasteiger partial charge in [-0.25, -0.2) is 0 Å². The fourth-order valence-corrected chi connectivity index (χ4v) is 7.29. The summed E-state index contributed by atoms with van der Waals surface area (Å²) >= 11 is 0. The van der Waals surface area contributed by atoms with Crippen molar-refractivity contribution in [1.29, 1.82) is 0 Å². The zero-order valence-electron chi connectivity index (χ0n) is 17.7. The molecule has 1 aromatic carbocycles. The molecule has 3 aliphatic rings. The van der Waals surface area contributed by atoms with E-state index in [2.05, 4.69) is 32.0 Å². The highest BCUT2D eigenvalue weighted by Crippen LogP contribution is 2.67. The lowest BCUT2D eigenvalue weighted by molar-refractivity contribution is -0.186. The summed E-state index contributed by atoms with van der Waals surface area (Å²) in [7, 11) is 1.72. The molecule has 0 bridgehead atoms. The topological polar surface area (TPSA) is 52.6 Å². The van der Waals surface area contributed by atoms with Crippen molar-refractivity contribution in [3.8, 4) is 5.75 Å². The number of esters is 1. The van der Waals surface area contributed by atoms with E-state index in [9.17, 15) is 9.59 Å². The van der Waals surface area contributed by atoms with Crippen LogP contribution in [0.5, 0.6) is 5.75 Å². The minimum absolute atomic E-state index is 0.0132. The molecular formula is C24H32O4. The lowest BCUT2D eigenvalue weighted by Gasteiger charge is -2.55. The number of fused-ring (bicyclic) bond motifs is 5. The van der Waals surface area contributed by atoms with Gasteiger partial charge in [0, 0.05) is 12.3 Å². The molecule has 6 atom stereocenters. The highest BCUT2D eigenvalue weighted by atomic mass is 16.6. The van der Waals surface area contributed by atoms with Crippen LogP contribution in [0.1, 0.15) is 70.4 Å². The van der Waals surface area contributed by atoms with Gasteiger partial charge < -0.3 is 9.47 Å². The van der Waals surface area contributed by atoms with Gasteiger partial charge in [-0.1, -0.05) is 19.9 Å². The third-order valence-corrected chi connectivity index (χ3v) is 8.23. The molecule has 28 heavy (non-hydrogen) atoms. The summed E-state index contributed by atoms with van der Waals surface area (Å²) in [4.78, 5) is 24.7. The van der Waals surface area contributed by atoms with Crippen LogP contribution in [-0.2, 0) is 20.7 Å². The Morgan fingerprint density at radius 2 is 1.93 bits per heavy atom. The number of ether oxygens (including phenoxy) is 2. The van der Waals surface area contributed by atoms with Gasteiger partial charge in [-0.15, -0.1) is 0 Å². The number of rotatable bonds is 3. The van der Waals surface area contributed by atoms with E-state index in [0.717, 1.165) is 31.4 Å². The number of Topliss-reactive ketones (excluding diaryl/α,β-unsaturated/α-hetero) is 1. The number of benzene rings is 1. The van der Waals surface area contributed by atoms with Crippen LogP contribution in [0, 0.1) is 23.2 Å². The predicted molar refractivity (Wildman–Crippen MR) is 107 cm³/mol. The van der Waals surface area contributed by atoms with Crippen LogP contribution in [0.3, 0.4) is 0 Å². The molecule has 0 radical (unpaired) electrons. The third-order valence-electron chi connectivity index (χ3n) is 8.23. The first kappa shape index (κ1) is 19.5. The number of aryl methyl sites for hydroxylation is 1. The van der Waals surface area contributed by atoms with Gasteiger partial charge in [-0.2, -0.15) is 0 Å². The Bertz CT molecular complexity index is 815. The molecule has 0 aromatic heterocycles. The minimum Gasteiger partial charge on any atom is -0.497 e. The summed E-state index contributed by atoms with van der Waals surface area (Å²) in [6.07, 6.45) is 4.71. The average Bonchev–Trinajstić information content (AvgIpc) is 2.93. The highest BCUT2D eigenvalue weighted by Gasteiger charge is 2.67. The van der Waals surface area contributed by atoms with Crippen molar-refractivity contribution < 1.29 is 19.1 Å². The minimum atomic E-state index is -0.955. The van der Waals surface area contributed by atoms with Gasteiger partial charge in [0.2, 0.25) is 0 Å². The first-order chi connectivity index (χ1) is 13.2. The van der Waals surface area contributed by atoms with Crippen LogP contribution < -0.4 is 4.74 Å². The van der Waals surface area contributed by atoms with E-state index >= 15 is 0 Å². The van der Waals surface area contributed by atoms with Gasteiger partial charge in [0.05, 0.1) is 7.11 Å². The number of carbonyl (C=O) groups is 2. The Morgan fingerprint density at radius 1 is 1.18 bits per heavy atom. The standard InChI is InChI=1S/C24H32O4/c1-14-13-23(4)21(10-11-24(23,15(2)25)28-16(3)26)20-8-6-17-12-18(27-5)7-9-19(17)22(14)20/h7,9,12,14,20-22H,6,8,10-11,13H2,1-5H3/t14-,20+,21-,22-,23-,24+/m0/s1. The number of methoxy groups -OCH3 is 1. The second-order valence-electron chi connectivity index (χ2n) is 9.51. The van der Waals surface area contributed by atoms with Crippen molar-refractivity contribution in [2.24, 2.45) is 23.2 Å². The van der Waals surface area contributed by atoms with Crippen molar-refractivity contribution in [1.82, 2.24) is 0 Å². The molecule has 2 fully saturated rings. The van der Waals surface area contributed by atoms with E-state index in [1.165, 1.54) is 18.1 Å². The van der Waals surface area contributed by atoms with Gasteiger partial charge in [0.1, 0.15) is 5.75 Å². The summed E-state index contributed by atoms with van der Waals surface area (Å²) in [5.74, 6) is 2.49. The maximum absolute atomic E-state index is 12.8. The van der Waals surface area contributed by atoms with E-state index in [0.29, 0.717) is 30.1 Å². The second-order valence-corrected chi connectivity index (χ2v) is 9.51. The lowest BCUT2D eigenvalue weighted by atomic mass is 9.50. The molecular weight excluding hydrogens is 352 g/mol.